The van der Waals surface area contributed by atoms with Gasteiger partial charge in [0.2, 0.25) is 0 Å². The van der Waals surface area contributed by atoms with Crippen LogP contribution in [0.3, 0.4) is 0 Å². The van der Waals surface area contributed by atoms with E-state index in [9.17, 15) is 0 Å². The molecular weight excluding hydrogens is 1090 g/mol. The molecular formula is C84H52F2N2O. The lowest BCUT2D eigenvalue weighted by atomic mass is 9.94. The molecule has 0 amide bonds. The fourth-order valence-corrected chi connectivity index (χ4v) is 13.6. The van der Waals surface area contributed by atoms with Crippen molar-refractivity contribution in [2.24, 2.45) is 0 Å². The van der Waals surface area contributed by atoms with E-state index in [0.29, 0.717) is 28.1 Å². The van der Waals surface area contributed by atoms with Crippen molar-refractivity contribution in [2.45, 2.75) is 0 Å². The molecule has 0 saturated heterocycles. The molecule has 1 heterocycles. The van der Waals surface area contributed by atoms with Crippen LogP contribution in [0.1, 0.15) is 0 Å². The van der Waals surface area contributed by atoms with Gasteiger partial charge in [-0.2, -0.15) is 0 Å². The van der Waals surface area contributed by atoms with Gasteiger partial charge in [0.05, 0.1) is 11.4 Å². The van der Waals surface area contributed by atoms with Gasteiger partial charge in [-0.25, -0.2) is 8.78 Å². The summed E-state index contributed by atoms with van der Waals surface area (Å²) >= 11 is 0. The number of hydrogen-bond acceptors (Lipinski definition) is 3. The van der Waals surface area contributed by atoms with Crippen molar-refractivity contribution in [1.29, 1.82) is 0 Å². The average molecular weight is 1140 g/mol. The highest BCUT2D eigenvalue weighted by Crippen LogP contribution is 2.50. The van der Waals surface area contributed by atoms with Gasteiger partial charge in [0.1, 0.15) is 11.2 Å². The number of rotatable bonds is 10. The Kier molecular flexibility index (Phi) is 12.3. The third kappa shape index (κ3) is 8.77. The number of furan rings is 1. The highest BCUT2D eigenvalue weighted by atomic mass is 19.1. The Labute approximate surface area is 512 Å². The molecule has 17 rings (SSSR count). The van der Waals surface area contributed by atoms with Gasteiger partial charge in [-0.1, -0.05) is 231 Å². The monoisotopic (exact) mass is 1140 g/mol. The lowest BCUT2D eigenvalue weighted by Crippen LogP contribution is -2.13. The maximum atomic E-state index is 18.3. The van der Waals surface area contributed by atoms with Crippen molar-refractivity contribution < 1.29 is 13.2 Å². The maximum Gasteiger partial charge on any atom is 0.155 e. The Hall–Kier alpha value is -11.7. The Bertz CT molecular complexity index is 5650. The summed E-state index contributed by atoms with van der Waals surface area (Å²) in [5.74, 6) is -0.683. The Morgan fingerprint density at radius 3 is 1.08 bits per heavy atom. The van der Waals surface area contributed by atoms with E-state index in [1.165, 1.54) is 0 Å². The third-order valence-electron chi connectivity index (χ3n) is 17.9. The van der Waals surface area contributed by atoms with Gasteiger partial charge in [0.25, 0.3) is 0 Å². The lowest BCUT2D eigenvalue weighted by molar-refractivity contribution is 0.632. The van der Waals surface area contributed by atoms with E-state index < -0.39 is 0 Å². The van der Waals surface area contributed by atoms with Crippen LogP contribution in [0.15, 0.2) is 320 Å². The fourth-order valence-electron chi connectivity index (χ4n) is 13.6. The molecule has 0 saturated carbocycles. The zero-order valence-electron chi connectivity index (χ0n) is 48.1. The molecule has 5 heteroatoms. The third-order valence-corrected chi connectivity index (χ3v) is 17.9. The molecule has 17 aromatic rings. The largest absolute Gasteiger partial charge is 0.455 e. The van der Waals surface area contributed by atoms with Crippen molar-refractivity contribution >= 4 is 121 Å². The second kappa shape index (κ2) is 21.1. The first-order chi connectivity index (χ1) is 44.0. The van der Waals surface area contributed by atoms with E-state index in [4.69, 9.17) is 4.42 Å². The molecule has 418 valence electrons. The molecule has 16 aromatic carbocycles. The quantitative estimate of drug-likeness (QED) is 0.127. The first-order valence-electron chi connectivity index (χ1n) is 30.1. The molecule has 1 aromatic heterocycles. The number of benzene rings is 16. The van der Waals surface area contributed by atoms with E-state index in [0.717, 1.165) is 137 Å². The normalized spacial score (nSPS) is 11.7. The molecule has 0 spiro atoms. The molecule has 89 heavy (non-hydrogen) atoms. The smallest absolute Gasteiger partial charge is 0.155 e. The molecule has 0 unspecified atom stereocenters. The fraction of sp³-hybridized carbons (Fsp3) is 0. The van der Waals surface area contributed by atoms with Crippen LogP contribution in [0, 0.1) is 11.6 Å². The summed E-state index contributed by atoms with van der Waals surface area (Å²) < 4.78 is 43.8. The zero-order chi connectivity index (χ0) is 59.1. The topological polar surface area (TPSA) is 19.6 Å². The minimum Gasteiger partial charge on any atom is -0.455 e. The molecule has 0 bridgehead atoms. The number of fused-ring (bicyclic) bond motifs is 14. The van der Waals surface area contributed by atoms with Crippen LogP contribution < -0.4 is 9.80 Å². The Morgan fingerprint density at radius 1 is 0.236 bits per heavy atom. The summed E-state index contributed by atoms with van der Waals surface area (Å²) in [6.45, 7) is 0. The number of nitrogens with zero attached hydrogens (tertiary/aromatic N) is 2. The van der Waals surface area contributed by atoms with Gasteiger partial charge >= 0.3 is 0 Å². The number of hydrogen-bond donors (Lipinski definition) is 0. The Morgan fingerprint density at radius 2 is 0.596 bits per heavy atom. The summed E-state index contributed by atoms with van der Waals surface area (Å²) in [5, 5.41) is 14.6. The second-order valence-corrected chi connectivity index (χ2v) is 23.0. The first-order valence-corrected chi connectivity index (χ1v) is 30.1. The van der Waals surface area contributed by atoms with Crippen molar-refractivity contribution in [1.82, 2.24) is 0 Å². The summed E-state index contributed by atoms with van der Waals surface area (Å²) in [4.78, 5) is 4.13. The van der Waals surface area contributed by atoms with Crippen LogP contribution in [-0.2, 0) is 0 Å². The highest BCUT2D eigenvalue weighted by molar-refractivity contribution is 6.31. The molecule has 0 aliphatic rings. The van der Waals surface area contributed by atoms with Gasteiger partial charge in [-0.05, 0) is 171 Å². The maximum absolute atomic E-state index is 18.3. The first kappa shape index (κ1) is 51.7. The second-order valence-electron chi connectivity index (χ2n) is 23.0. The SMILES string of the molecule is Fc1c(-c2ccccc2)cc(-c2ccccc2)cc1N(c1ccc2c(c1)oc1c3ccc(N(c4ccc5ccc6ccccc6c5c4)c4cc(-c5ccccc5)cc(-c5ccccc5)c4F)cc3c3ccccc3c21)c1ccc2ccc3ccccc3c2c1. The summed E-state index contributed by atoms with van der Waals surface area (Å²) in [5.41, 5.74) is 11.6. The van der Waals surface area contributed by atoms with Crippen LogP contribution in [0.25, 0.3) is 131 Å². The van der Waals surface area contributed by atoms with Gasteiger partial charge in [-0.15, -0.1) is 0 Å². The van der Waals surface area contributed by atoms with Gasteiger partial charge in [-0.3, -0.25) is 0 Å². The molecule has 0 radical (unpaired) electrons. The number of anilines is 6. The van der Waals surface area contributed by atoms with E-state index >= 15 is 8.78 Å². The summed E-state index contributed by atoms with van der Waals surface area (Å²) in [6, 6.07) is 107. The van der Waals surface area contributed by atoms with Crippen LogP contribution in [0.4, 0.5) is 42.9 Å². The molecule has 0 aliphatic heterocycles. The minimum atomic E-state index is -0.347. The summed E-state index contributed by atoms with van der Waals surface area (Å²) in [6.07, 6.45) is 0. The summed E-state index contributed by atoms with van der Waals surface area (Å²) in [7, 11) is 0. The van der Waals surface area contributed by atoms with Gasteiger partial charge in [0.15, 0.2) is 11.6 Å². The average Bonchev–Trinajstić information content (AvgIpc) is 1.72. The van der Waals surface area contributed by atoms with E-state index in [2.05, 4.69) is 199 Å². The van der Waals surface area contributed by atoms with Gasteiger partial charge < -0.3 is 14.2 Å². The van der Waals surface area contributed by atoms with Crippen LogP contribution in [0.5, 0.6) is 0 Å². The Balaban J connectivity index is 0.896. The van der Waals surface area contributed by atoms with Crippen molar-refractivity contribution in [3.05, 3.63) is 327 Å². The molecule has 0 aliphatic carbocycles. The van der Waals surface area contributed by atoms with Crippen molar-refractivity contribution in [3.63, 3.8) is 0 Å². The molecule has 0 N–H and O–H groups in total. The van der Waals surface area contributed by atoms with Crippen molar-refractivity contribution in [3.8, 4) is 44.5 Å². The van der Waals surface area contributed by atoms with E-state index in [1.807, 2.05) is 126 Å². The van der Waals surface area contributed by atoms with Crippen LogP contribution >= 0.6 is 0 Å². The predicted molar refractivity (Wildman–Crippen MR) is 370 cm³/mol. The highest BCUT2D eigenvalue weighted by Gasteiger charge is 2.27. The predicted octanol–water partition coefficient (Wildman–Crippen LogP) is 24.4. The minimum absolute atomic E-state index is 0.337. The van der Waals surface area contributed by atoms with Crippen LogP contribution in [-0.4, -0.2) is 0 Å². The van der Waals surface area contributed by atoms with E-state index in [1.54, 1.807) is 0 Å². The molecule has 0 atom stereocenters. The standard InChI is InChI=1S/C84H52F2N2O/c85-82-75(55-23-9-3-10-24-55)45-61(53-19-5-1-6-20-53)47-78(82)87(63-39-37-59-35-33-57-27-13-15-29-67(57)73(59)49-63)65-41-43-71-77(51-65)69-31-17-18-32-70(69)81-72-44-42-66(52-80(72)89-84(71)81)88(64-40-38-60-36-34-58-28-14-16-30-68(58)74(60)50-64)79-48-62(54-21-7-2-8-22-54)46-76(83(79)86)56-25-11-4-12-26-56/h1-52H. The zero-order valence-corrected chi connectivity index (χ0v) is 48.1. The van der Waals surface area contributed by atoms with Gasteiger partial charge in [0, 0.05) is 56.1 Å². The lowest BCUT2D eigenvalue weighted by Gasteiger charge is -2.28. The molecule has 3 nitrogen and oxygen atoms in total. The number of halogens is 2. The molecule has 0 fully saturated rings. The van der Waals surface area contributed by atoms with E-state index in [-0.39, 0.29) is 11.6 Å². The van der Waals surface area contributed by atoms with Crippen molar-refractivity contribution in [2.75, 3.05) is 9.80 Å². The van der Waals surface area contributed by atoms with Crippen LogP contribution in [0.2, 0.25) is 0 Å².